The first-order valence-electron chi connectivity index (χ1n) is 12.3. The zero-order valence-corrected chi connectivity index (χ0v) is 19.6. The third kappa shape index (κ3) is 4.48. The fourth-order valence-electron chi connectivity index (χ4n) is 5.66. The molecule has 172 valence electrons. The van der Waals surface area contributed by atoms with E-state index >= 15 is 0 Å². The first kappa shape index (κ1) is 21.7. The molecule has 0 atom stereocenters. The van der Waals surface area contributed by atoms with Gasteiger partial charge in [0.2, 0.25) is 0 Å². The van der Waals surface area contributed by atoms with E-state index in [4.69, 9.17) is 19.4 Å². The Balaban J connectivity index is 1.33. The van der Waals surface area contributed by atoms with Gasteiger partial charge in [0.05, 0.1) is 7.11 Å². The molecule has 2 fully saturated rings. The van der Waals surface area contributed by atoms with Gasteiger partial charge >= 0.3 is 0 Å². The molecule has 0 spiro atoms. The Morgan fingerprint density at radius 2 is 1.81 bits per heavy atom. The second-order valence-electron chi connectivity index (χ2n) is 9.46. The maximum atomic E-state index is 5.61. The van der Waals surface area contributed by atoms with E-state index in [9.17, 15) is 0 Å². The number of methoxy groups -OCH3 is 1. The van der Waals surface area contributed by atoms with Gasteiger partial charge in [-0.25, -0.2) is 9.97 Å². The number of nitrogens with zero attached hydrogens (tertiary/aromatic N) is 4. The first-order chi connectivity index (χ1) is 15.7. The summed E-state index contributed by atoms with van der Waals surface area (Å²) in [5, 5.41) is 0. The van der Waals surface area contributed by atoms with Gasteiger partial charge in [0.1, 0.15) is 17.4 Å². The summed E-state index contributed by atoms with van der Waals surface area (Å²) in [6.07, 6.45) is 6.89. The lowest BCUT2D eigenvalue weighted by atomic mass is 9.93. The summed E-state index contributed by atoms with van der Waals surface area (Å²) >= 11 is 0. The van der Waals surface area contributed by atoms with Gasteiger partial charge in [-0.3, -0.25) is 0 Å². The predicted molar refractivity (Wildman–Crippen MR) is 127 cm³/mol. The molecule has 0 N–H and O–H groups in total. The number of para-hydroxylation sites is 1. The van der Waals surface area contributed by atoms with Crippen LogP contribution in [-0.2, 0) is 17.7 Å². The van der Waals surface area contributed by atoms with E-state index in [2.05, 4.69) is 28.9 Å². The van der Waals surface area contributed by atoms with Crippen LogP contribution in [0.3, 0.4) is 0 Å². The maximum absolute atomic E-state index is 5.61. The van der Waals surface area contributed by atoms with E-state index in [1.165, 1.54) is 29.7 Å². The van der Waals surface area contributed by atoms with Crippen LogP contribution in [0.25, 0.3) is 0 Å². The molecule has 0 amide bonds. The van der Waals surface area contributed by atoms with Crippen molar-refractivity contribution in [2.24, 2.45) is 0 Å². The van der Waals surface area contributed by atoms with Gasteiger partial charge in [0.15, 0.2) is 0 Å². The van der Waals surface area contributed by atoms with Gasteiger partial charge in [-0.1, -0.05) is 18.2 Å². The fraction of sp³-hybridized carbons (Fsp3) is 0.615. The first-order valence-corrected chi connectivity index (χ1v) is 12.3. The number of likely N-dealkylation sites (tertiary alicyclic amines) is 1. The maximum Gasteiger partial charge on any atom is 0.136 e. The molecular weight excluding hydrogens is 400 g/mol. The Morgan fingerprint density at radius 1 is 1.03 bits per heavy atom. The van der Waals surface area contributed by atoms with Crippen LogP contribution in [0.15, 0.2) is 24.3 Å². The Bertz CT molecular complexity index is 920. The second kappa shape index (κ2) is 9.75. The number of aryl methyl sites for hydroxylation is 1. The average Bonchev–Trinajstić information content (AvgIpc) is 2.85. The number of hydrogen-bond donors (Lipinski definition) is 0. The average molecular weight is 437 g/mol. The summed E-state index contributed by atoms with van der Waals surface area (Å²) < 4.78 is 11.2. The van der Waals surface area contributed by atoms with Gasteiger partial charge in [0.25, 0.3) is 0 Å². The van der Waals surface area contributed by atoms with E-state index in [0.29, 0.717) is 12.0 Å². The van der Waals surface area contributed by atoms with Crippen molar-refractivity contribution in [3.05, 3.63) is 46.9 Å². The molecule has 6 nitrogen and oxygen atoms in total. The minimum absolute atomic E-state index is 0.463. The van der Waals surface area contributed by atoms with Gasteiger partial charge in [-0.2, -0.15) is 0 Å². The molecule has 1 aromatic heterocycles. The van der Waals surface area contributed by atoms with Gasteiger partial charge in [-0.15, -0.1) is 0 Å². The molecule has 32 heavy (non-hydrogen) atoms. The highest BCUT2D eigenvalue weighted by atomic mass is 16.5. The second-order valence-corrected chi connectivity index (χ2v) is 9.46. The van der Waals surface area contributed by atoms with Crippen molar-refractivity contribution < 1.29 is 9.47 Å². The quantitative estimate of drug-likeness (QED) is 0.703. The van der Waals surface area contributed by atoms with Crippen molar-refractivity contribution in [1.82, 2.24) is 14.9 Å². The number of fused-ring (bicyclic) bond motifs is 1. The van der Waals surface area contributed by atoms with Crippen molar-refractivity contribution in [2.75, 3.05) is 44.9 Å². The molecule has 6 heteroatoms. The highest BCUT2D eigenvalue weighted by Gasteiger charge is 2.30. The minimum Gasteiger partial charge on any atom is -0.496 e. The lowest BCUT2D eigenvalue weighted by molar-refractivity contribution is 0.0248. The van der Waals surface area contributed by atoms with Gasteiger partial charge < -0.3 is 19.3 Å². The topological polar surface area (TPSA) is 50.7 Å². The van der Waals surface area contributed by atoms with Crippen molar-refractivity contribution in [3.8, 4) is 5.75 Å². The Morgan fingerprint density at radius 3 is 2.59 bits per heavy atom. The molecule has 0 unspecified atom stereocenters. The standard InChI is InChI=1S/C26H36N4O2/c1-19-23-7-5-13-30(18-21-6-3-4-8-24(21)31-2)26(23)28-25(27-19)20-9-14-29(15-10-20)22-11-16-32-17-12-22/h3-4,6,8,20,22H,5,7,9-18H2,1-2H3. The van der Waals surface area contributed by atoms with E-state index in [-0.39, 0.29) is 0 Å². The predicted octanol–water partition coefficient (Wildman–Crippen LogP) is 4.10. The molecule has 0 saturated carbocycles. The van der Waals surface area contributed by atoms with Crippen LogP contribution >= 0.6 is 0 Å². The Kier molecular flexibility index (Phi) is 6.60. The highest BCUT2D eigenvalue weighted by Crippen LogP contribution is 2.34. The molecule has 0 aliphatic carbocycles. The van der Waals surface area contributed by atoms with Crippen LogP contribution in [0, 0.1) is 6.92 Å². The lowest BCUT2D eigenvalue weighted by Crippen LogP contribution is -2.44. The Hall–Kier alpha value is -2.18. The number of aromatic nitrogens is 2. The van der Waals surface area contributed by atoms with Crippen LogP contribution in [0.1, 0.15) is 60.7 Å². The molecule has 1 aromatic carbocycles. The van der Waals surface area contributed by atoms with Crippen LogP contribution in [-0.4, -0.2) is 60.9 Å². The van der Waals surface area contributed by atoms with Crippen LogP contribution in [0.4, 0.5) is 5.82 Å². The molecule has 4 heterocycles. The van der Waals surface area contributed by atoms with Crippen molar-refractivity contribution >= 4 is 5.82 Å². The number of benzene rings is 1. The van der Waals surface area contributed by atoms with Crippen LogP contribution in [0.5, 0.6) is 5.75 Å². The molecule has 0 radical (unpaired) electrons. The van der Waals surface area contributed by atoms with E-state index in [1.807, 2.05) is 12.1 Å². The minimum atomic E-state index is 0.463. The normalized spacial score (nSPS) is 20.9. The summed E-state index contributed by atoms with van der Waals surface area (Å²) in [6, 6.07) is 9.03. The van der Waals surface area contributed by atoms with Crippen LogP contribution in [0.2, 0.25) is 0 Å². The molecule has 2 aromatic rings. The van der Waals surface area contributed by atoms with Crippen molar-refractivity contribution in [1.29, 1.82) is 0 Å². The summed E-state index contributed by atoms with van der Waals surface area (Å²) in [5.41, 5.74) is 3.71. The zero-order chi connectivity index (χ0) is 21.9. The molecule has 0 bridgehead atoms. The van der Waals surface area contributed by atoms with E-state index in [1.54, 1.807) is 7.11 Å². The Labute approximate surface area is 191 Å². The zero-order valence-electron chi connectivity index (χ0n) is 19.6. The number of anilines is 1. The summed E-state index contributed by atoms with van der Waals surface area (Å²) in [7, 11) is 1.75. The number of piperidine rings is 1. The fourth-order valence-corrected chi connectivity index (χ4v) is 5.66. The lowest BCUT2D eigenvalue weighted by Gasteiger charge is -2.39. The summed E-state index contributed by atoms with van der Waals surface area (Å²) in [6.45, 7) is 8.17. The number of ether oxygens (including phenoxy) is 2. The van der Waals surface area contributed by atoms with Crippen molar-refractivity contribution in [3.63, 3.8) is 0 Å². The monoisotopic (exact) mass is 436 g/mol. The molecule has 3 aliphatic rings. The van der Waals surface area contributed by atoms with E-state index in [0.717, 1.165) is 82.5 Å². The SMILES string of the molecule is COc1ccccc1CN1CCCc2c(C)nc(C3CCN(C4CCOCC4)CC3)nc21. The molecular formula is C26H36N4O2. The largest absolute Gasteiger partial charge is 0.496 e. The van der Waals surface area contributed by atoms with E-state index < -0.39 is 0 Å². The third-order valence-corrected chi connectivity index (χ3v) is 7.52. The number of hydrogen-bond acceptors (Lipinski definition) is 6. The summed E-state index contributed by atoms with van der Waals surface area (Å²) in [5.74, 6) is 3.62. The third-order valence-electron chi connectivity index (χ3n) is 7.52. The summed E-state index contributed by atoms with van der Waals surface area (Å²) in [4.78, 5) is 15.3. The highest BCUT2D eigenvalue weighted by molar-refractivity contribution is 5.52. The number of rotatable bonds is 5. The molecule has 3 aliphatic heterocycles. The molecule has 2 saturated heterocycles. The molecule has 5 rings (SSSR count). The van der Waals surface area contributed by atoms with Gasteiger partial charge in [-0.05, 0) is 64.6 Å². The smallest absolute Gasteiger partial charge is 0.136 e. The van der Waals surface area contributed by atoms with Crippen molar-refractivity contribution in [2.45, 2.75) is 64.0 Å². The van der Waals surface area contributed by atoms with Crippen LogP contribution < -0.4 is 9.64 Å². The van der Waals surface area contributed by atoms with Gasteiger partial charge in [0, 0.05) is 55.1 Å².